The molecule has 0 spiro atoms. The molecule has 0 heterocycles. The van der Waals surface area contributed by atoms with Crippen LogP contribution in [0.15, 0.2) is 30.3 Å². The Morgan fingerprint density at radius 2 is 1.50 bits per heavy atom. The lowest BCUT2D eigenvalue weighted by Gasteiger charge is -1.82. The Bertz CT molecular complexity index is 207. The molecule has 0 bridgehead atoms. The van der Waals surface area contributed by atoms with E-state index < -0.39 is 6.16 Å². The molecule has 1 aromatic carbocycles. The molecular weight excluding hydrogens is 224 g/mol. The summed E-state index contributed by atoms with van der Waals surface area (Å²) in [5, 5.41) is 13.9. The molecule has 0 aliphatic heterocycles. The summed E-state index contributed by atoms with van der Waals surface area (Å²) in [6.07, 6.45) is -1.83. The lowest BCUT2D eigenvalue weighted by atomic mass is 10.2. The van der Waals surface area contributed by atoms with Crippen molar-refractivity contribution in [2.45, 2.75) is 6.92 Å². The van der Waals surface area contributed by atoms with Gasteiger partial charge in [-0.1, -0.05) is 35.9 Å². The fourth-order valence-corrected chi connectivity index (χ4v) is 0.534. The number of halogens is 1. The van der Waals surface area contributed by atoms with Crippen molar-refractivity contribution in [2.75, 3.05) is 0 Å². The van der Waals surface area contributed by atoms with E-state index >= 15 is 0 Å². The van der Waals surface area contributed by atoms with Gasteiger partial charge in [0.1, 0.15) is 0 Å². The van der Waals surface area contributed by atoms with Gasteiger partial charge in [0, 0.05) is 0 Å². The van der Waals surface area contributed by atoms with Gasteiger partial charge < -0.3 is 10.2 Å². The summed E-state index contributed by atoms with van der Waals surface area (Å²) in [5.74, 6) is 0. The van der Waals surface area contributed by atoms with Crippen molar-refractivity contribution in [2.24, 2.45) is 0 Å². The van der Waals surface area contributed by atoms with Gasteiger partial charge >= 0.3 is 6.16 Å². The van der Waals surface area contributed by atoms with Gasteiger partial charge in [0.15, 0.2) is 0 Å². The highest BCUT2D eigenvalue weighted by atomic mass is 79.9. The molecular formula is C8H11BrO3. The van der Waals surface area contributed by atoms with Gasteiger partial charge in [-0.3, -0.25) is 0 Å². The molecule has 0 saturated heterocycles. The first-order chi connectivity index (χ1) is 5.13. The maximum atomic E-state index is 8.56. The maximum Gasteiger partial charge on any atom is 0.503 e. The third kappa shape index (κ3) is 11.7. The summed E-state index contributed by atoms with van der Waals surface area (Å²) in [7, 11) is 0. The number of aryl methyl sites for hydroxylation is 1. The number of benzene rings is 1. The van der Waals surface area contributed by atoms with Crippen molar-refractivity contribution in [1.29, 1.82) is 0 Å². The van der Waals surface area contributed by atoms with Crippen LogP contribution in [0.2, 0.25) is 0 Å². The minimum atomic E-state index is -1.83. The van der Waals surface area contributed by atoms with Crippen LogP contribution in [-0.2, 0) is 0 Å². The first-order valence-corrected chi connectivity index (χ1v) is 3.06. The molecule has 0 radical (unpaired) electrons. The van der Waals surface area contributed by atoms with Gasteiger partial charge in [0.05, 0.1) is 0 Å². The normalized spacial score (nSPS) is 7.08. The Labute approximate surface area is 81.4 Å². The summed E-state index contributed by atoms with van der Waals surface area (Å²) in [5.41, 5.74) is 1.32. The van der Waals surface area contributed by atoms with Gasteiger partial charge in [-0.25, -0.2) is 4.79 Å². The Morgan fingerprint density at radius 1 is 1.17 bits per heavy atom. The molecule has 0 unspecified atom stereocenters. The first-order valence-electron chi connectivity index (χ1n) is 3.06. The van der Waals surface area contributed by atoms with E-state index in [0.29, 0.717) is 0 Å². The number of carbonyl (C=O) groups is 1. The SMILES string of the molecule is Br.Cc1ccccc1.O=C(O)O. The minimum Gasteiger partial charge on any atom is -0.450 e. The Kier molecular flexibility index (Phi) is 9.11. The van der Waals surface area contributed by atoms with Crippen molar-refractivity contribution in [1.82, 2.24) is 0 Å². The second-order valence-electron chi connectivity index (χ2n) is 1.94. The summed E-state index contributed by atoms with van der Waals surface area (Å²) in [4.78, 5) is 8.56. The molecule has 0 saturated carbocycles. The monoisotopic (exact) mass is 234 g/mol. The molecule has 4 heteroatoms. The highest BCUT2D eigenvalue weighted by Crippen LogP contribution is 1.92. The van der Waals surface area contributed by atoms with Crippen LogP contribution in [0.5, 0.6) is 0 Å². The van der Waals surface area contributed by atoms with E-state index in [1.54, 1.807) is 0 Å². The molecule has 1 aromatic rings. The summed E-state index contributed by atoms with van der Waals surface area (Å²) < 4.78 is 0. The van der Waals surface area contributed by atoms with E-state index in [1.165, 1.54) is 5.56 Å². The van der Waals surface area contributed by atoms with Gasteiger partial charge in [-0.05, 0) is 6.92 Å². The Hall–Kier alpha value is -1.03. The molecule has 0 aliphatic carbocycles. The maximum absolute atomic E-state index is 8.56. The van der Waals surface area contributed by atoms with Crippen LogP contribution in [0.25, 0.3) is 0 Å². The summed E-state index contributed by atoms with van der Waals surface area (Å²) >= 11 is 0. The molecule has 0 aromatic heterocycles. The zero-order valence-electron chi connectivity index (χ0n) is 6.60. The van der Waals surface area contributed by atoms with Crippen LogP contribution in [0.3, 0.4) is 0 Å². The van der Waals surface area contributed by atoms with Crippen LogP contribution in [-0.4, -0.2) is 16.4 Å². The zero-order chi connectivity index (χ0) is 8.69. The van der Waals surface area contributed by atoms with Crippen LogP contribution in [0.4, 0.5) is 4.79 Å². The topological polar surface area (TPSA) is 57.5 Å². The van der Waals surface area contributed by atoms with Gasteiger partial charge in [-0.2, -0.15) is 0 Å². The van der Waals surface area contributed by atoms with E-state index in [-0.39, 0.29) is 17.0 Å². The second-order valence-corrected chi connectivity index (χ2v) is 1.94. The quantitative estimate of drug-likeness (QED) is 0.726. The van der Waals surface area contributed by atoms with E-state index in [4.69, 9.17) is 15.0 Å². The highest BCUT2D eigenvalue weighted by molar-refractivity contribution is 8.93. The van der Waals surface area contributed by atoms with Crippen molar-refractivity contribution in [3.05, 3.63) is 35.9 Å². The third-order valence-corrected chi connectivity index (χ3v) is 0.940. The highest BCUT2D eigenvalue weighted by Gasteiger charge is 1.72. The number of hydrogen-bond acceptors (Lipinski definition) is 1. The predicted octanol–water partition coefficient (Wildman–Crippen LogP) is 2.80. The number of rotatable bonds is 0. The molecule has 3 nitrogen and oxygen atoms in total. The van der Waals surface area contributed by atoms with Crippen molar-refractivity contribution in [3.63, 3.8) is 0 Å². The molecule has 0 amide bonds. The molecule has 0 atom stereocenters. The average Bonchev–Trinajstić information content (AvgIpc) is 1.87. The lowest BCUT2D eigenvalue weighted by molar-refractivity contribution is 0.137. The van der Waals surface area contributed by atoms with Crippen molar-refractivity contribution >= 4 is 23.1 Å². The summed E-state index contributed by atoms with van der Waals surface area (Å²) in [6.45, 7) is 2.08. The molecule has 68 valence electrons. The summed E-state index contributed by atoms with van der Waals surface area (Å²) in [6, 6.07) is 10.3. The van der Waals surface area contributed by atoms with Gasteiger partial charge in [0.2, 0.25) is 0 Å². The zero-order valence-corrected chi connectivity index (χ0v) is 8.31. The predicted molar refractivity (Wildman–Crippen MR) is 52.2 cm³/mol. The largest absolute Gasteiger partial charge is 0.503 e. The van der Waals surface area contributed by atoms with E-state index in [1.807, 2.05) is 18.2 Å². The fraction of sp³-hybridized carbons (Fsp3) is 0.125. The number of carboxylic acid groups (broad SMARTS) is 2. The third-order valence-electron chi connectivity index (χ3n) is 0.940. The Morgan fingerprint density at radius 3 is 1.67 bits per heavy atom. The molecule has 0 fully saturated rings. The van der Waals surface area contributed by atoms with E-state index in [9.17, 15) is 0 Å². The van der Waals surface area contributed by atoms with Crippen LogP contribution >= 0.6 is 17.0 Å². The second kappa shape index (κ2) is 8.07. The van der Waals surface area contributed by atoms with Crippen molar-refractivity contribution in [3.8, 4) is 0 Å². The van der Waals surface area contributed by atoms with E-state index in [0.717, 1.165) is 0 Å². The number of hydrogen-bond donors (Lipinski definition) is 2. The average molecular weight is 235 g/mol. The first kappa shape index (κ1) is 13.6. The van der Waals surface area contributed by atoms with Crippen LogP contribution in [0.1, 0.15) is 5.56 Å². The minimum absolute atomic E-state index is 0. The standard InChI is InChI=1S/C7H8.CH2O3.BrH/c1-7-5-3-2-4-6-7;2-1(3)4;/h2-6H,1H3;(H2,2,3,4);1H. The smallest absolute Gasteiger partial charge is 0.450 e. The van der Waals surface area contributed by atoms with Crippen molar-refractivity contribution < 1.29 is 15.0 Å². The molecule has 0 aliphatic rings. The van der Waals surface area contributed by atoms with Crippen LogP contribution < -0.4 is 0 Å². The Balaban J connectivity index is 0. The fourth-order valence-electron chi connectivity index (χ4n) is 0.534. The molecule has 2 N–H and O–H groups in total. The van der Waals surface area contributed by atoms with Crippen LogP contribution in [0, 0.1) is 6.92 Å². The van der Waals surface area contributed by atoms with E-state index in [2.05, 4.69) is 19.1 Å². The molecule has 12 heavy (non-hydrogen) atoms. The van der Waals surface area contributed by atoms with Gasteiger partial charge in [0.25, 0.3) is 0 Å². The molecule has 1 rings (SSSR count). The lowest BCUT2D eigenvalue weighted by Crippen LogP contribution is -1.81. The van der Waals surface area contributed by atoms with Gasteiger partial charge in [-0.15, -0.1) is 17.0 Å².